The lowest BCUT2D eigenvalue weighted by molar-refractivity contribution is -0.00916. The van der Waals surface area contributed by atoms with E-state index in [1.54, 1.807) is 25.4 Å². The molecule has 1 unspecified atom stereocenters. The summed E-state index contributed by atoms with van der Waals surface area (Å²) in [5, 5.41) is 12.4. The topological polar surface area (TPSA) is 42.4 Å². The van der Waals surface area contributed by atoms with Gasteiger partial charge in [-0.25, -0.2) is 4.98 Å². The SMILES string of the molecule is COC1(c2nc(C(C)O)cs2)CCCC1. The molecule has 1 fully saturated rings. The third kappa shape index (κ3) is 1.94. The van der Waals surface area contributed by atoms with Gasteiger partial charge in [0.15, 0.2) is 0 Å². The van der Waals surface area contributed by atoms with Crippen LogP contribution in [0.1, 0.15) is 49.4 Å². The summed E-state index contributed by atoms with van der Waals surface area (Å²) in [7, 11) is 1.76. The number of ether oxygens (including phenoxy) is 1. The van der Waals surface area contributed by atoms with Gasteiger partial charge in [-0.3, -0.25) is 0 Å². The fourth-order valence-electron chi connectivity index (χ4n) is 2.14. The first-order valence-electron chi connectivity index (χ1n) is 5.37. The highest BCUT2D eigenvalue weighted by Gasteiger charge is 2.38. The molecule has 1 heterocycles. The summed E-state index contributed by atoms with van der Waals surface area (Å²) in [5.74, 6) is 0. The Morgan fingerprint density at radius 2 is 2.20 bits per heavy atom. The predicted octanol–water partition coefficient (Wildman–Crippen LogP) is 2.61. The van der Waals surface area contributed by atoms with Crippen LogP contribution in [0.25, 0.3) is 0 Å². The fraction of sp³-hybridized carbons (Fsp3) is 0.727. The molecule has 3 nitrogen and oxygen atoms in total. The second kappa shape index (κ2) is 4.20. The van der Waals surface area contributed by atoms with Gasteiger partial charge in [-0.2, -0.15) is 0 Å². The quantitative estimate of drug-likeness (QED) is 0.863. The Morgan fingerprint density at radius 1 is 1.53 bits per heavy atom. The predicted molar refractivity (Wildman–Crippen MR) is 59.9 cm³/mol. The summed E-state index contributed by atoms with van der Waals surface area (Å²) in [6.45, 7) is 1.74. The van der Waals surface area contributed by atoms with Crippen molar-refractivity contribution in [2.24, 2.45) is 0 Å². The zero-order valence-electron chi connectivity index (χ0n) is 9.19. The number of aliphatic hydroxyl groups is 1. The summed E-state index contributed by atoms with van der Waals surface area (Å²) in [6, 6.07) is 0. The molecule has 15 heavy (non-hydrogen) atoms. The van der Waals surface area contributed by atoms with Crippen molar-refractivity contribution in [1.29, 1.82) is 0 Å². The Balaban J connectivity index is 2.27. The average molecular weight is 227 g/mol. The van der Waals surface area contributed by atoms with Gasteiger partial charge in [0.25, 0.3) is 0 Å². The molecule has 0 spiro atoms. The zero-order valence-corrected chi connectivity index (χ0v) is 10.0. The molecular formula is C11H17NO2S. The second-order valence-corrected chi connectivity index (χ2v) is 5.02. The first kappa shape index (κ1) is 11.0. The summed E-state index contributed by atoms with van der Waals surface area (Å²) in [4.78, 5) is 4.48. The minimum absolute atomic E-state index is 0.169. The average Bonchev–Trinajstić information content (AvgIpc) is 2.87. The molecule has 2 rings (SSSR count). The Hall–Kier alpha value is -0.450. The Labute approximate surface area is 94.1 Å². The number of hydrogen-bond acceptors (Lipinski definition) is 4. The number of nitrogens with zero attached hydrogens (tertiary/aromatic N) is 1. The lowest BCUT2D eigenvalue weighted by atomic mass is 10.0. The molecule has 1 aliphatic carbocycles. The fourth-order valence-corrected chi connectivity index (χ4v) is 3.28. The molecule has 84 valence electrons. The summed E-state index contributed by atoms with van der Waals surface area (Å²) < 4.78 is 5.64. The van der Waals surface area contributed by atoms with Crippen molar-refractivity contribution >= 4 is 11.3 Å². The van der Waals surface area contributed by atoms with Crippen LogP contribution in [0.3, 0.4) is 0 Å². The number of hydrogen-bond donors (Lipinski definition) is 1. The number of aliphatic hydroxyl groups excluding tert-OH is 1. The van der Waals surface area contributed by atoms with Crippen LogP contribution in [-0.2, 0) is 10.3 Å². The number of rotatable bonds is 3. The monoisotopic (exact) mass is 227 g/mol. The highest BCUT2D eigenvalue weighted by atomic mass is 32.1. The first-order valence-corrected chi connectivity index (χ1v) is 6.25. The molecular weight excluding hydrogens is 210 g/mol. The molecule has 0 aromatic carbocycles. The van der Waals surface area contributed by atoms with Crippen LogP contribution in [0.2, 0.25) is 0 Å². The van der Waals surface area contributed by atoms with E-state index < -0.39 is 6.10 Å². The largest absolute Gasteiger partial charge is 0.387 e. The summed E-state index contributed by atoms with van der Waals surface area (Å²) in [5.41, 5.74) is 0.593. The smallest absolute Gasteiger partial charge is 0.125 e. The number of methoxy groups -OCH3 is 1. The van der Waals surface area contributed by atoms with Crippen LogP contribution in [0, 0.1) is 0 Å². The van der Waals surface area contributed by atoms with Crippen molar-refractivity contribution in [3.63, 3.8) is 0 Å². The summed E-state index contributed by atoms with van der Waals surface area (Å²) >= 11 is 1.60. The Bertz CT molecular complexity index is 329. The highest BCUT2D eigenvalue weighted by molar-refractivity contribution is 7.09. The summed E-state index contributed by atoms with van der Waals surface area (Å²) in [6.07, 6.45) is 4.03. The first-order chi connectivity index (χ1) is 7.18. The molecule has 0 aliphatic heterocycles. The van der Waals surface area contributed by atoms with Crippen LogP contribution >= 0.6 is 11.3 Å². The molecule has 1 aromatic heterocycles. The molecule has 0 radical (unpaired) electrons. The molecule has 1 aliphatic rings. The van der Waals surface area contributed by atoms with E-state index in [1.165, 1.54) is 12.8 Å². The Morgan fingerprint density at radius 3 is 2.67 bits per heavy atom. The van der Waals surface area contributed by atoms with Gasteiger partial charge in [-0.15, -0.1) is 11.3 Å². The lowest BCUT2D eigenvalue weighted by Gasteiger charge is -2.24. The van der Waals surface area contributed by atoms with Crippen LogP contribution in [0.4, 0.5) is 0 Å². The minimum atomic E-state index is -0.481. The third-order valence-corrected chi connectivity index (χ3v) is 4.19. The van der Waals surface area contributed by atoms with Gasteiger partial charge in [0.2, 0.25) is 0 Å². The van der Waals surface area contributed by atoms with Crippen molar-refractivity contribution in [3.05, 3.63) is 16.1 Å². The van der Waals surface area contributed by atoms with Gasteiger partial charge in [-0.1, -0.05) is 12.8 Å². The maximum atomic E-state index is 9.44. The normalized spacial score (nSPS) is 21.8. The van der Waals surface area contributed by atoms with E-state index in [-0.39, 0.29) is 5.60 Å². The molecule has 1 saturated carbocycles. The zero-order chi connectivity index (χ0) is 10.9. The van der Waals surface area contributed by atoms with Gasteiger partial charge in [0.1, 0.15) is 10.6 Å². The maximum Gasteiger partial charge on any atom is 0.125 e. The number of aromatic nitrogens is 1. The van der Waals surface area contributed by atoms with Gasteiger partial charge >= 0.3 is 0 Å². The third-order valence-electron chi connectivity index (χ3n) is 3.14. The van der Waals surface area contributed by atoms with E-state index in [4.69, 9.17) is 4.74 Å². The van der Waals surface area contributed by atoms with Crippen molar-refractivity contribution in [2.75, 3.05) is 7.11 Å². The van der Waals surface area contributed by atoms with E-state index in [0.29, 0.717) is 0 Å². The van der Waals surface area contributed by atoms with Crippen LogP contribution in [0.5, 0.6) is 0 Å². The van der Waals surface area contributed by atoms with Crippen molar-refractivity contribution in [2.45, 2.75) is 44.3 Å². The molecule has 4 heteroatoms. The van der Waals surface area contributed by atoms with E-state index in [0.717, 1.165) is 23.5 Å². The van der Waals surface area contributed by atoms with Gasteiger partial charge in [0.05, 0.1) is 11.8 Å². The minimum Gasteiger partial charge on any atom is -0.387 e. The van der Waals surface area contributed by atoms with E-state index >= 15 is 0 Å². The van der Waals surface area contributed by atoms with Gasteiger partial charge < -0.3 is 9.84 Å². The molecule has 1 atom stereocenters. The van der Waals surface area contributed by atoms with Crippen LogP contribution in [0.15, 0.2) is 5.38 Å². The molecule has 0 amide bonds. The van der Waals surface area contributed by atoms with Crippen molar-refractivity contribution in [3.8, 4) is 0 Å². The molecule has 0 saturated heterocycles. The molecule has 0 bridgehead atoms. The van der Waals surface area contributed by atoms with Crippen LogP contribution < -0.4 is 0 Å². The van der Waals surface area contributed by atoms with Crippen molar-refractivity contribution < 1.29 is 9.84 Å². The maximum absolute atomic E-state index is 9.44. The lowest BCUT2D eigenvalue weighted by Crippen LogP contribution is -2.24. The molecule has 1 aromatic rings. The molecule has 1 N–H and O–H groups in total. The van der Waals surface area contributed by atoms with Crippen molar-refractivity contribution in [1.82, 2.24) is 4.98 Å². The second-order valence-electron chi connectivity index (χ2n) is 4.16. The van der Waals surface area contributed by atoms with Gasteiger partial charge in [0, 0.05) is 12.5 Å². The Kier molecular flexibility index (Phi) is 3.09. The highest BCUT2D eigenvalue weighted by Crippen LogP contribution is 2.43. The van der Waals surface area contributed by atoms with E-state index in [2.05, 4.69) is 4.98 Å². The number of thiazole rings is 1. The van der Waals surface area contributed by atoms with E-state index in [1.807, 2.05) is 5.38 Å². The standard InChI is InChI=1S/C11H17NO2S/c1-8(13)9-7-15-10(12-9)11(14-2)5-3-4-6-11/h7-8,13H,3-6H2,1-2H3. The van der Waals surface area contributed by atoms with Crippen LogP contribution in [-0.4, -0.2) is 17.2 Å². The van der Waals surface area contributed by atoms with Gasteiger partial charge in [-0.05, 0) is 19.8 Å². The van der Waals surface area contributed by atoms with E-state index in [9.17, 15) is 5.11 Å².